The van der Waals surface area contributed by atoms with Crippen molar-refractivity contribution in [2.45, 2.75) is 37.8 Å². The largest absolute Gasteiger partial charge is 0.367 e. The van der Waals surface area contributed by atoms with Crippen molar-refractivity contribution in [1.29, 1.82) is 0 Å². The van der Waals surface area contributed by atoms with Gasteiger partial charge in [-0.2, -0.15) is 0 Å². The van der Waals surface area contributed by atoms with E-state index in [4.69, 9.17) is 0 Å². The topological polar surface area (TPSA) is 48.5 Å². The summed E-state index contributed by atoms with van der Waals surface area (Å²) in [5.74, 6) is -0.0356. The van der Waals surface area contributed by atoms with Gasteiger partial charge in [0.2, 0.25) is 0 Å². The van der Waals surface area contributed by atoms with E-state index in [-0.39, 0.29) is 5.91 Å². The number of anilines is 1. The van der Waals surface area contributed by atoms with Gasteiger partial charge in [-0.3, -0.25) is 9.78 Å². The Balaban J connectivity index is 1.78. The Labute approximate surface area is 126 Å². The number of pyridine rings is 1. The molecule has 1 aromatic rings. The average molecular weight is 288 g/mol. The lowest BCUT2D eigenvalue weighted by Crippen LogP contribution is -2.39. The quantitative estimate of drug-likeness (QED) is 0.892. The second-order valence-corrected chi connectivity index (χ2v) is 6.28. The summed E-state index contributed by atoms with van der Waals surface area (Å²) >= 11 is 0. The van der Waals surface area contributed by atoms with Gasteiger partial charge in [0.05, 0.1) is 0 Å². The summed E-state index contributed by atoms with van der Waals surface area (Å²) < 4.78 is 0. The first kappa shape index (κ1) is 14.3. The van der Waals surface area contributed by atoms with E-state index in [0.29, 0.717) is 17.8 Å². The molecule has 5 nitrogen and oxygen atoms in total. The van der Waals surface area contributed by atoms with E-state index in [0.717, 1.165) is 18.8 Å². The fourth-order valence-electron chi connectivity index (χ4n) is 2.95. The molecule has 1 aromatic heterocycles. The van der Waals surface area contributed by atoms with Crippen molar-refractivity contribution in [3.63, 3.8) is 0 Å². The molecule has 1 aliphatic carbocycles. The maximum absolute atomic E-state index is 12.1. The molecule has 1 saturated carbocycles. The first-order valence-electron chi connectivity index (χ1n) is 7.83. The Morgan fingerprint density at radius 1 is 1.38 bits per heavy atom. The van der Waals surface area contributed by atoms with Crippen LogP contribution in [0, 0.1) is 0 Å². The van der Waals surface area contributed by atoms with Gasteiger partial charge in [-0.1, -0.05) is 0 Å². The van der Waals surface area contributed by atoms with Crippen molar-refractivity contribution in [1.82, 2.24) is 15.2 Å². The number of carbonyl (C=O) groups excluding carboxylic acids is 1. The molecule has 1 unspecified atom stereocenters. The SMILES string of the molecule is CN(C)C(=O)c1cc(N(CC2CCCN2)C2CC2)ccn1. The molecule has 2 heterocycles. The molecule has 114 valence electrons. The van der Waals surface area contributed by atoms with Gasteiger partial charge in [-0.15, -0.1) is 0 Å². The highest BCUT2D eigenvalue weighted by Crippen LogP contribution is 2.32. The molecule has 1 amide bonds. The molecule has 1 saturated heterocycles. The van der Waals surface area contributed by atoms with E-state index in [1.807, 2.05) is 12.1 Å². The molecule has 1 atom stereocenters. The van der Waals surface area contributed by atoms with E-state index in [2.05, 4.69) is 15.2 Å². The van der Waals surface area contributed by atoms with Crippen molar-refractivity contribution in [2.24, 2.45) is 0 Å². The number of aromatic nitrogens is 1. The predicted octanol–water partition coefficient (Wildman–Crippen LogP) is 1.50. The molecular formula is C16H24N4O. The molecule has 2 aliphatic rings. The average Bonchev–Trinajstić information content (AvgIpc) is 3.20. The fourth-order valence-corrected chi connectivity index (χ4v) is 2.95. The summed E-state index contributed by atoms with van der Waals surface area (Å²) in [7, 11) is 3.52. The lowest BCUT2D eigenvalue weighted by molar-refractivity contribution is 0.0822. The summed E-state index contributed by atoms with van der Waals surface area (Å²) in [6.45, 7) is 2.16. The van der Waals surface area contributed by atoms with Crippen LogP contribution in [0.15, 0.2) is 18.3 Å². The van der Waals surface area contributed by atoms with Crippen LogP contribution in [0.5, 0.6) is 0 Å². The maximum Gasteiger partial charge on any atom is 0.272 e. The molecule has 3 rings (SSSR count). The Kier molecular flexibility index (Phi) is 4.10. The van der Waals surface area contributed by atoms with Gasteiger partial charge in [0, 0.05) is 44.6 Å². The second kappa shape index (κ2) is 6.02. The van der Waals surface area contributed by atoms with Crippen LogP contribution in [0.3, 0.4) is 0 Å². The van der Waals surface area contributed by atoms with Crippen molar-refractivity contribution >= 4 is 11.6 Å². The van der Waals surface area contributed by atoms with Gasteiger partial charge in [-0.05, 0) is 44.4 Å². The first-order chi connectivity index (χ1) is 10.1. The molecular weight excluding hydrogens is 264 g/mol. The number of amides is 1. The van der Waals surface area contributed by atoms with Gasteiger partial charge in [0.1, 0.15) is 5.69 Å². The summed E-state index contributed by atoms with van der Waals surface area (Å²) in [4.78, 5) is 20.3. The summed E-state index contributed by atoms with van der Waals surface area (Å²) in [6.07, 6.45) is 6.78. The molecule has 0 aromatic carbocycles. The molecule has 0 radical (unpaired) electrons. The highest BCUT2D eigenvalue weighted by atomic mass is 16.2. The Morgan fingerprint density at radius 2 is 2.19 bits per heavy atom. The van der Waals surface area contributed by atoms with Gasteiger partial charge in [0.15, 0.2) is 0 Å². The lowest BCUT2D eigenvalue weighted by Gasteiger charge is -2.28. The van der Waals surface area contributed by atoms with E-state index in [1.165, 1.54) is 25.7 Å². The smallest absolute Gasteiger partial charge is 0.272 e. The minimum atomic E-state index is -0.0356. The number of nitrogens with zero attached hydrogens (tertiary/aromatic N) is 3. The standard InChI is InChI=1S/C16H24N4O/c1-19(2)16(21)15-10-14(7-9-18-15)20(13-5-6-13)11-12-4-3-8-17-12/h7,9-10,12-13,17H,3-6,8,11H2,1-2H3. The molecule has 0 spiro atoms. The van der Waals surface area contributed by atoms with Crippen LogP contribution in [0.25, 0.3) is 0 Å². The van der Waals surface area contributed by atoms with Gasteiger partial charge in [0.25, 0.3) is 5.91 Å². The molecule has 21 heavy (non-hydrogen) atoms. The van der Waals surface area contributed by atoms with Crippen molar-refractivity contribution < 1.29 is 4.79 Å². The van der Waals surface area contributed by atoms with Gasteiger partial charge >= 0.3 is 0 Å². The third-order valence-electron chi connectivity index (χ3n) is 4.27. The maximum atomic E-state index is 12.1. The predicted molar refractivity (Wildman–Crippen MR) is 83.6 cm³/mol. The molecule has 1 aliphatic heterocycles. The lowest BCUT2D eigenvalue weighted by atomic mass is 10.2. The van der Waals surface area contributed by atoms with Crippen LogP contribution >= 0.6 is 0 Å². The van der Waals surface area contributed by atoms with Crippen molar-refractivity contribution in [2.75, 3.05) is 32.1 Å². The number of rotatable bonds is 5. The zero-order valence-electron chi connectivity index (χ0n) is 12.9. The fraction of sp³-hybridized carbons (Fsp3) is 0.625. The summed E-state index contributed by atoms with van der Waals surface area (Å²) in [5.41, 5.74) is 1.66. The normalized spacial score (nSPS) is 21.3. The van der Waals surface area contributed by atoms with Crippen molar-refractivity contribution in [3.8, 4) is 0 Å². The zero-order valence-corrected chi connectivity index (χ0v) is 12.9. The third kappa shape index (κ3) is 3.35. The van der Waals surface area contributed by atoms with E-state index in [9.17, 15) is 4.79 Å². The Morgan fingerprint density at radius 3 is 2.81 bits per heavy atom. The van der Waals surface area contributed by atoms with E-state index >= 15 is 0 Å². The first-order valence-corrected chi connectivity index (χ1v) is 7.83. The molecule has 1 N–H and O–H groups in total. The second-order valence-electron chi connectivity index (χ2n) is 6.28. The van der Waals surface area contributed by atoms with Crippen LogP contribution in [-0.4, -0.2) is 55.1 Å². The van der Waals surface area contributed by atoms with E-state index in [1.54, 1.807) is 25.2 Å². The highest BCUT2D eigenvalue weighted by molar-refractivity contribution is 5.92. The third-order valence-corrected chi connectivity index (χ3v) is 4.27. The summed E-state index contributed by atoms with van der Waals surface area (Å²) in [5, 5.41) is 3.56. The monoisotopic (exact) mass is 288 g/mol. The Bertz CT molecular complexity index is 507. The molecule has 5 heteroatoms. The van der Waals surface area contributed by atoms with Crippen LogP contribution < -0.4 is 10.2 Å². The van der Waals surface area contributed by atoms with E-state index < -0.39 is 0 Å². The highest BCUT2D eigenvalue weighted by Gasteiger charge is 2.32. The minimum Gasteiger partial charge on any atom is -0.367 e. The Hall–Kier alpha value is -1.62. The van der Waals surface area contributed by atoms with Crippen LogP contribution in [-0.2, 0) is 0 Å². The molecule has 0 bridgehead atoms. The van der Waals surface area contributed by atoms with Crippen LogP contribution in [0.4, 0.5) is 5.69 Å². The number of hydrogen-bond acceptors (Lipinski definition) is 4. The van der Waals surface area contributed by atoms with Crippen molar-refractivity contribution in [3.05, 3.63) is 24.0 Å². The number of nitrogens with one attached hydrogen (secondary N) is 1. The van der Waals surface area contributed by atoms with Gasteiger partial charge < -0.3 is 15.1 Å². The number of carbonyl (C=O) groups is 1. The number of hydrogen-bond donors (Lipinski definition) is 1. The van der Waals surface area contributed by atoms with Crippen LogP contribution in [0.1, 0.15) is 36.2 Å². The zero-order chi connectivity index (χ0) is 14.8. The minimum absolute atomic E-state index is 0.0356. The van der Waals surface area contributed by atoms with Gasteiger partial charge in [-0.25, -0.2) is 0 Å². The van der Waals surface area contributed by atoms with Crippen LogP contribution in [0.2, 0.25) is 0 Å². The molecule has 2 fully saturated rings. The summed E-state index contributed by atoms with van der Waals surface area (Å²) in [6, 6.07) is 5.18.